The zero-order chi connectivity index (χ0) is 13.9. The molecule has 3 rings (SSSR count). The molecule has 0 spiro atoms. The van der Waals surface area contributed by atoms with Gasteiger partial charge in [0.25, 0.3) is 0 Å². The van der Waals surface area contributed by atoms with Crippen LogP contribution in [0.15, 0.2) is 12.1 Å². The third kappa shape index (κ3) is 2.88. The molecule has 1 fully saturated rings. The molecule has 20 heavy (non-hydrogen) atoms. The summed E-state index contributed by atoms with van der Waals surface area (Å²) in [6.07, 6.45) is -0.993. The third-order valence-electron chi connectivity index (χ3n) is 3.80. The van der Waals surface area contributed by atoms with Gasteiger partial charge in [-0.15, -0.1) is 0 Å². The first-order chi connectivity index (χ1) is 9.74. The second-order valence-corrected chi connectivity index (χ2v) is 5.35. The van der Waals surface area contributed by atoms with Crippen LogP contribution < -0.4 is 14.8 Å². The minimum absolute atomic E-state index is 0.532. The Balaban J connectivity index is 1.88. The van der Waals surface area contributed by atoms with Gasteiger partial charge in [-0.2, -0.15) is 0 Å². The first-order valence-corrected chi connectivity index (χ1v) is 7.23. The zero-order valence-electron chi connectivity index (χ0n) is 11.8. The van der Waals surface area contributed by atoms with Crippen LogP contribution in [0.4, 0.5) is 4.39 Å². The summed E-state index contributed by atoms with van der Waals surface area (Å²) in [7, 11) is 0. The van der Waals surface area contributed by atoms with Crippen LogP contribution in [-0.2, 0) is 6.54 Å². The van der Waals surface area contributed by atoms with Crippen molar-refractivity contribution in [2.24, 2.45) is 0 Å². The van der Waals surface area contributed by atoms with Crippen LogP contribution in [0, 0.1) is 0 Å². The lowest BCUT2D eigenvalue weighted by atomic mass is 10.0. The van der Waals surface area contributed by atoms with Gasteiger partial charge in [-0.05, 0) is 24.6 Å². The van der Waals surface area contributed by atoms with Gasteiger partial charge in [0, 0.05) is 38.3 Å². The molecule has 0 bridgehead atoms. The molecule has 1 atom stereocenters. The monoisotopic (exact) mass is 280 g/mol. The van der Waals surface area contributed by atoms with Crippen LogP contribution in [-0.4, -0.2) is 44.3 Å². The fourth-order valence-electron chi connectivity index (χ4n) is 2.71. The second-order valence-electron chi connectivity index (χ2n) is 5.35. The predicted molar refractivity (Wildman–Crippen MR) is 75.1 cm³/mol. The van der Waals surface area contributed by atoms with Crippen molar-refractivity contribution in [3.63, 3.8) is 0 Å². The summed E-state index contributed by atoms with van der Waals surface area (Å²) in [5.41, 5.74) is 1.70. The predicted octanol–water partition coefficient (Wildman–Crippen LogP) is 1.89. The Hall–Kier alpha value is -1.33. The number of rotatable bonds is 3. The summed E-state index contributed by atoms with van der Waals surface area (Å²) in [4.78, 5) is 2.36. The lowest BCUT2D eigenvalue weighted by Gasteiger charge is -2.29. The highest BCUT2D eigenvalue weighted by Crippen LogP contribution is 2.38. The lowest BCUT2D eigenvalue weighted by Crippen LogP contribution is -2.43. The SMILES string of the molecule is CC(F)c1cc(CN2CCNCC2)c2c(c1)OCCO2. The Morgan fingerprint density at radius 2 is 2.00 bits per heavy atom. The molecule has 1 N–H and O–H groups in total. The summed E-state index contributed by atoms with van der Waals surface area (Å²) in [5.74, 6) is 1.47. The molecule has 0 amide bonds. The van der Waals surface area contributed by atoms with Crippen LogP contribution in [0.2, 0.25) is 0 Å². The highest BCUT2D eigenvalue weighted by Gasteiger charge is 2.21. The van der Waals surface area contributed by atoms with Gasteiger partial charge in [0.15, 0.2) is 11.5 Å². The zero-order valence-corrected chi connectivity index (χ0v) is 11.8. The molecular weight excluding hydrogens is 259 g/mol. The number of benzene rings is 1. The topological polar surface area (TPSA) is 33.7 Å². The van der Waals surface area contributed by atoms with E-state index in [-0.39, 0.29) is 0 Å². The minimum atomic E-state index is -0.993. The smallest absolute Gasteiger partial charge is 0.165 e. The molecule has 0 radical (unpaired) electrons. The molecule has 1 aromatic carbocycles. The van der Waals surface area contributed by atoms with E-state index in [4.69, 9.17) is 9.47 Å². The van der Waals surface area contributed by atoms with Gasteiger partial charge in [0.05, 0.1) is 0 Å². The Morgan fingerprint density at radius 3 is 2.75 bits per heavy atom. The van der Waals surface area contributed by atoms with E-state index in [0.717, 1.165) is 44.0 Å². The second kappa shape index (κ2) is 5.97. The lowest BCUT2D eigenvalue weighted by molar-refractivity contribution is 0.164. The largest absolute Gasteiger partial charge is 0.486 e. The van der Waals surface area contributed by atoms with Gasteiger partial charge in [0.2, 0.25) is 0 Å². The highest BCUT2D eigenvalue weighted by atomic mass is 19.1. The van der Waals surface area contributed by atoms with Crippen molar-refractivity contribution in [2.45, 2.75) is 19.6 Å². The average molecular weight is 280 g/mol. The quantitative estimate of drug-likeness (QED) is 0.917. The Labute approximate surface area is 118 Å². The first-order valence-electron chi connectivity index (χ1n) is 7.23. The highest BCUT2D eigenvalue weighted by molar-refractivity contribution is 5.50. The fraction of sp³-hybridized carbons (Fsp3) is 0.600. The maximum absolute atomic E-state index is 13.6. The molecule has 1 unspecified atom stereocenters. The number of ether oxygens (including phenoxy) is 2. The molecule has 2 aliphatic heterocycles. The molecule has 0 aromatic heterocycles. The molecule has 110 valence electrons. The van der Waals surface area contributed by atoms with Crippen LogP contribution in [0.3, 0.4) is 0 Å². The maximum atomic E-state index is 13.6. The minimum Gasteiger partial charge on any atom is -0.486 e. The Bertz CT molecular complexity index is 473. The summed E-state index contributed by atoms with van der Waals surface area (Å²) in [6.45, 7) is 7.44. The van der Waals surface area contributed by atoms with Gasteiger partial charge in [-0.3, -0.25) is 4.90 Å². The first kappa shape index (κ1) is 13.6. The van der Waals surface area contributed by atoms with Crippen molar-refractivity contribution in [3.05, 3.63) is 23.3 Å². The third-order valence-corrected chi connectivity index (χ3v) is 3.80. The van der Waals surface area contributed by atoms with Crippen LogP contribution >= 0.6 is 0 Å². The molecule has 0 saturated carbocycles. The van der Waals surface area contributed by atoms with E-state index in [0.29, 0.717) is 24.5 Å². The van der Waals surface area contributed by atoms with Crippen molar-refractivity contribution >= 4 is 0 Å². The van der Waals surface area contributed by atoms with Crippen LogP contribution in [0.25, 0.3) is 0 Å². The van der Waals surface area contributed by atoms with E-state index < -0.39 is 6.17 Å². The van der Waals surface area contributed by atoms with Crippen molar-refractivity contribution in [2.75, 3.05) is 39.4 Å². The molecule has 1 aromatic rings. The van der Waals surface area contributed by atoms with Gasteiger partial charge in [-0.25, -0.2) is 4.39 Å². The number of hydrogen-bond acceptors (Lipinski definition) is 4. The number of piperazine rings is 1. The van der Waals surface area contributed by atoms with Crippen molar-refractivity contribution < 1.29 is 13.9 Å². The van der Waals surface area contributed by atoms with Gasteiger partial charge < -0.3 is 14.8 Å². The van der Waals surface area contributed by atoms with E-state index in [2.05, 4.69) is 10.2 Å². The van der Waals surface area contributed by atoms with E-state index in [9.17, 15) is 4.39 Å². The molecule has 2 aliphatic rings. The Kier molecular flexibility index (Phi) is 4.08. The van der Waals surface area contributed by atoms with Crippen molar-refractivity contribution in [1.29, 1.82) is 0 Å². The number of halogens is 1. The molecule has 0 aliphatic carbocycles. The van der Waals surface area contributed by atoms with Crippen molar-refractivity contribution in [1.82, 2.24) is 10.2 Å². The van der Waals surface area contributed by atoms with E-state index in [1.54, 1.807) is 13.0 Å². The standard InChI is InChI=1S/C15H21FN2O2/c1-11(16)12-8-13(10-18-4-2-17-3-5-18)15-14(9-12)19-6-7-20-15/h8-9,11,17H,2-7,10H2,1H3. The van der Waals surface area contributed by atoms with E-state index >= 15 is 0 Å². The van der Waals surface area contributed by atoms with Crippen LogP contribution in [0.1, 0.15) is 24.2 Å². The molecular formula is C15H21FN2O2. The average Bonchev–Trinajstić information content (AvgIpc) is 2.48. The van der Waals surface area contributed by atoms with E-state index in [1.807, 2.05) is 6.07 Å². The number of fused-ring (bicyclic) bond motifs is 1. The van der Waals surface area contributed by atoms with Gasteiger partial charge >= 0.3 is 0 Å². The number of alkyl halides is 1. The van der Waals surface area contributed by atoms with Gasteiger partial charge in [0.1, 0.15) is 19.4 Å². The van der Waals surface area contributed by atoms with Crippen LogP contribution in [0.5, 0.6) is 11.5 Å². The van der Waals surface area contributed by atoms with E-state index in [1.165, 1.54) is 0 Å². The summed E-state index contributed by atoms with van der Waals surface area (Å²) < 4.78 is 25.0. The number of nitrogens with zero attached hydrogens (tertiary/aromatic N) is 1. The maximum Gasteiger partial charge on any atom is 0.165 e. The number of nitrogens with one attached hydrogen (secondary N) is 1. The summed E-state index contributed by atoms with van der Waals surface area (Å²) in [6, 6.07) is 3.68. The number of hydrogen-bond donors (Lipinski definition) is 1. The normalized spacial score (nSPS) is 20.7. The molecule has 5 heteroatoms. The molecule has 2 heterocycles. The molecule has 1 saturated heterocycles. The Morgan fingerprint density at radius 1 is 1.25 bits per heavy atom. The molecule has 4 nitrogen and oxygen atoms in total. The van der Waals surface area contributed by atoms with Gasteiger partial charge in [-0.1, -0.05) is 0 Å². The fourth-order valence-corrected chi connectivity index (χ4v) is 2.71. The summed E-state index contributed by atoms with van der Waals surface area (Å²) in [5, 5.41) is 3.33. The van der Waals surface area contributed by atoms with Crippen molar-refractivity contribution in [3.8, 4) is 11.5 Å². The summed E-state index contributed by atoms with van der Waals surface area (Å²) >= 11 is 0.